The highest BCUT2D eigenvalue weighted by Gasteiger charge is 2.14. The largest absolute Gasteiger partial charge is 0.353 e. The second kappa shape index (κ2) is 5.27. The maximum Gasteiger partial charge on any atom is 0.249 e. The fourth-order valence-corrected chi connectivity index (χ4v) is 3.49. The van der Waals surface area contributed by atoms with Gasteiger partial charge >= 0.3 is 0 Å². The Balaban J connectivity index is 2.09. The Morgan fingerprint density at radius 3 is 2.52 bits per heavy atom. The molecule has 4 rings (SSSR count). The molecule has 0 amide bonds. The van der Waals surface area contributed by atoms with Crippen molar-refractivity contribution in [2.45, 2.75) is 4.90 Å². The predicted octanol–water partition coefficient (Wildman–Crippen LogP) is 2.46. The van der Waals surface area contributed by atoms with E-state index in [1.807, 2.05) is 0 Å². The van der Waals surface area contributed by atoms with E-state index in [1.165, 1.54) is 30.3 Å². The molecule has 0 atom stereocenters. The summed E-state index contributed by atoms with van der Waals surface area (Å²) in [5.41, 5.74) is 2.32. The second-order valence-electron chi connectivity index (χ2n) is 5.69. The van der Waals surface area contributed by atoms with Crippen LogP contribution in [-0.2, 0) is 10.0 Å². The van der Waals surface area contributed by atoms with Crippen molar-refractivity contribution < 1.29 is 12.8 Å². The van der Waals surface area contributed by atoms with Crippen LogP contribution in [0.25, 0.3) is 33.1 Å². The molecule has 0 spiro atoms. The van der Waals surface area contributed by atoms with Crippen molar-refractivity contribution in [2.75, 3.05) is 0 Å². The van der Waals surface area contributed by atoms with Gasteiger partial charge in [-0.1, -0.05) is 12.1 Å². The van der Waals surface area contributed by atoms with Crippen LogP contribution in [0.15, 0.2) is 58.2 Å². The second-order valence-corrected chi connectivity index (χ2v) is 7.25. The zero-order chi connectivity index (χ0) is 17.8. The monoisotopic (exact) mass is 357 g/mol. The SMILES string of the molecule is NS(=O)(=O)c1cccc(-c2cc(=O)[nH]c3c2[nH]c2ccc(F)cc23)c1. The summed E-state index contributed by atoms with van der Waals surface area (Å²) in [6, 6.07) is 11.6. The first kappa shape index (κ1) is 15.6. The first-order valence-electron chi connectivity index (χ1n) is 7.30. The number of sulfonamides is 1. The van der Waals surface area contributed by atoms with Crippen molar-refractivity contribution in [1.29, 1.82) is 0 Å². The van der Waals surface area contributed by atoms with Crippen LogP contribution in [0.3, 0.4) is 0 Å². The van der Waals surface area contributed by atoms with Crippen LogP contribution in [0.5, 0.6) is 0 Å². The summed E-state index contributed by atoms with van der Waals surface area (Å²) in [5.74, 6) is -0.420. The van der Waals surface area contributed by atoms with E-state index in [-0.39, 0.29) is 10.5 Å². The van der Waals surface area contributed by atoms with E-state index in [0.717, 1.165) is 0 Å². The Labute approximate surface area is 141 Å². The van der Waals surface area contributed by atoms with Gasteiger partial charge in [0.2, 0.25) is 15.6 Å². The van der Waals surface area contributed by atoms with Crippen molar-refractivity contribution in [1.82, 2.24) is 9.97 Å². The quantitative estimate of drug-likeness (QED) is 0.513. The molecule has 4 aromatic rings. The first-order chi connectivity index (χ1) is 11.8. The third-order valence-corrected chi connectivity index (χ3v) is 4.94. The molecule has 2 aromatic heterocycles. The van der Waals surface area contributed by atoms with Crippen LogP contribution >= 0.6 is 0 Å². The van der Waals surface area contributed by atoms with Gasteiger partial charge in [0, 0.05) is 22.5 Å². The molecular formula is C17H12FN3O3S. The molecule has 25 heavy (non-hydrogen) atoms. The molecule has 0 aliphatic carbocycles. The van der Waals surface area contributed by atoms with E-state index in [9.17, 15) is 17.6 Å². The maximum atomic E-state index is 13.6. The molecule has 0 unspecified atom stereocenters. The summed E-state index contributed by atoms with van der Waals surface area (Å²) in [7, 11) is -3.87. The molecule has 0 saturated heterocycles. The van der Waals surface area contributed by atoms with Crippen LogP contribution in [0.1, 0.15) is 0 Å². The van der Waals surface area contributed by atoms with Gasteiger partial charge in [0.1, 0.15) is 5.82 Å². The average Bonchev–Trinajstić information content (AvgIpc) is 2.91. The van der Waals surface area contributed by atoms with E-state index in [4.69, 9.17) is 5.14 Å². The smallest absolute Gasteiger partial charge is 0.249 e. The number of benzene rings is 2. The minimum Gasteiger partial charge on any atom is -0.353 e. The molecule has 8 heteroatoms. The number of nitrogens with two attached hydrogens (primary N) is 1. The van der Waals surface area contributed by atoms with Gasteiger partial charge in [-0.25, -0.2) is 17.9 Å². The van der Waals surface area contributed by atoms with E-state index >= 15 is 0 Å². The summed E-state index contributed by atoms with van der Waals surface area (Å²) in [6.07, 6.45) is 0. The van der Waals surface area contributed by atoms with E-state index in [0.29, 0.717) is 33.1 Å². The molecule has 0 fully saturated rings. The first-order valence-corrected chi connectivity index (χ1v) is 8.85. The van der Waals surface area contributed by atoms with Crippen molar-refractivity contribution >= 4 is 32.0 Å². The van der Waals surface area contributed by atoms with Crippen molar-refractivity contribution in [3.63, 3.8) is 0 Å². The molecular weight excluding hydrogens is 345 g/mol. The summed E-state index contributed by atoms with van der Waals surface area (Å²) < 4.78 is 36.7. The number of H-pyrrole nitrogens is 2. The lowest BCUT2D eigenvalue weighted by Gasteiger charge is -2.05. The fraction of sp³-hybridized carbons (Fsp3) is 0. The number of fused-ring (bicyclic) bond motifs is 3. The van der Waals surface area contributed by atoms with Crippen LogP contribution in [-0.4, -0.2) is 18.4 Å². The topological polar surface area (TPSA) is 109 Å². The third-order valence-electron chi connectivity index (χ3n) is 4.03. The van der Waals surface area contributed by atoms with Gasteiger partial charge in [-0.15, -0.1) is 0 Å². The Morgan fingerprint density at radius 2 is 1.76 bits per heavy atom. The number of pyridine rings is 1. The highest BCUT2D eigenvalue weighted by Crippen LogP contribution is 2.31. The molecule has 0 aliphatic heterocycles. The Bertz CT molecular complexity index is 1310. The van der Waals surface area contributed by atoms with Crippen LogP contribution in [0.2, 0.25) is 0 Å². The van der Waals surface area contributed by atoms with Crippen LogP contribution in [0, 0.1) is 5.82 Å². The van der Waals surface area contributed by atoms with E-state index in [1.54, 1.807) is 18.2 Å². The Morgan fingerprint density at radius 1 is 0.960 bits per heavy atom. The highest BCUT2D eigenvalue weighted by atomic mass is 32.2. The van der Waals surface area contributed by atoms with Crippen LogP contribution in [0.4, 0.5) is 4.39 Å². The zero-order valence-electron chi connectivity index (χ0n) is 12.7. The zero-order valence-corrected chi connectivity index (χ0v) is 13.5. The molecule has 2 heterocycles. The van der Waals surface area contributed by atoms with Gasteiger partial charge in [-0.05, 0) is 35.9 Å². The molecule has 0 radical (unpaired) electrons. The molecule has 2 aromatic carbocycles. The summed E-state index contributed by atoms with van der Waals surface area (Å²) in [5, 5.41) is 5.72. The number of hydrogen-bond donors (Lipinski definition) is 3. The standard InChI is InChI=1S/C17H12FN3O3S/c18-10-4-5-14-13(7-10)17-16(20-14)12(8-15(22)21-17)9-2-1-3-11(6-9)25(19,23)24/h1-8,20H,(H,21,22)(H2,19,23,24). The number of nitrogens with one attached hydrogen (secondary N) is 2. The molecule has 0 bridgehead atoms. The van der Waals surface area contributed by atoms with Gasteiger partial charge in [-0.2, -0.15) is 0 Å². The minimum atomic E-state index is -3.87. The lowest BCUT2D eigenvalue weighted by atomic mass is 10.1. The number of rotatable bonds is 2. The van der Waals surface area contributed by atoms with Crippen molar-refractivity contribution in [3.8, 4) is 11.1 Å². The lowest BCUT2D eigenvalue weighted by molar-refractivity contribution is 0.598. The highest BCUT2D eigenvalue weighted by molar-refractivity contribution is 7.89. The van der Waals surface area contributed by atoms with Crippen molar-refractivity contribution in [2.24, 2.45) is 5.14 Å². The van der Waals surface area contributed by atoms with Gasteiger partial charge in [0.15, 0.2) is 0 Å². The van der Waals surface area contributed by atoms with Gasteiger partial charge in [0.05, 0.1) is 15.9 Å². The maximum absolute atomic E-state index is 13.6. The Kier molecular flexibility index (Phi) is 3.28. The number of hydrogen-bond acceptors (Lipinski definition) is 3. The Hall–Kier alpha value is -2.97. The number of aromatic amines is 2. The third kappa shape index (κ3) is 2.61. The molecule has 0 saturated carbocycles. The number of halogens is 1. The minimum absolute atomic E-state index is 0.0550. The van der Waals surface area contributed by atoms with E-state index in [2.05, 4.69) is 9.97 Å². The molecule has 4 N–H and O–H groups in total. The van der Waals surface area contributed by atoms with Gasteiger partial charge < -0.3 is 9.97 Å². The molecule has 0 aliphatic rings. The number of primary sulfonamides is 1. The average molecular weight is 357 g/mol. The lowest BCUT2D eigenvalue weighted by Crippen LogP contribution is -2.12. The number of aromatic nitrogens is 2. The van der Waals surface area contributed by atoms with Gasteiger partial charge in [0.25, 0.3) is 0 Å². The fourth-order valence-electron chi connectivity index (χ4n) is 2.93. The van der Waals surface area contributed by atoms with Gasteiger partial charge in [-0.3, -0.25) is 4.79 Å². The predicted molar refractivity (Wildman–Crippen MR) is 93.2 cm³/mol. The molecule has 126 valence electrons. The summed E-state index contributed by atoms with van der Waals surface area (Å²) in [6.45, 7) is 0. The van der Waals surface area contributed by atoms with Crippen LogP contribution < -0.4 is 10.7 Å². The summed E-state index contributed by atoms with van der Waals surface area (Å²) in [4.78, 5) is 17.9. The van der Waals surface area contributed by atoms with Crippen molar-refractivity contribution in [3.05, 3.63) is 64.7 Å². The summed E-state index contributed by atoms with van der Waals surface area (Å²) >= 11 is 0. The molecule has 6 nitrogen and oxygen atoms in total. The van der Waals surface area contributed by atoms with E-state index < -0.39 is 15.8 Å². The normalized spacial score (nSPS) is 12.1.